The van der Waals surface area contributed by atoms with Crippen LogP contribution in [0.3, 0.4) is 0 Å². The second kappa shape index (κ2) is 15.8. The van der Waals surface area contributed by atoms with Crippen LogP contribution in [-0.4, -0.2) is 86.0 Å². The van der Waals surface area contributed by atoms with Crippen molar-refractivity contribution >= 4 is 41.4 Å². The number of nitrogens with zero attached hydrogens (tertiary/aromatic N) is 1. The van der Waals surface area contributed by atoms with E-state index in [0.717, 1.165) is 0 Å². The number of hydrogen-bond acceptors (Lipinski definition) is 8. The molecule has 1 aromatic rings. The number of aliphatic carboxylic acids is 2. The lowest BCUT2D eigenvalue weighted by Gasteiger charge is -2.26. The number of hydrogen-bond donors (Lipinski definition) is 7. The number of aromatic amines is 1. The van der Waals surface area contributed by atoms with Crippen molar-refractivity contribution in [2.24, 2.45) is 11.7 Å². The zero-order valence-corrected chi connectivity index (χ0v) is 21.5. The van der Waals surface area contributed by atoms with E-state index in [0.29, 0.717) is 17.9 Å². The standard InChI is InChI=1S/C22H36N6O7S/c1-4-12(2)18(23)21(33)28-16(9-13-10-24-11-25-13)20(32)26-14(7-8-36-3)19(31)27-15(22(34)35)5-6-17(29)30/h10-12,14-16,18H,4-9,23H2,1-3H3,(H,24,25)(H,26,32)(H,27,31)(H,28,33)(H,29,30)(H,34,35). The minimum Gasteiger partial charge on any atom is -0.481 e. The minimum atomic E-state index is -1.43. The molecule has 14 heteroatoms. The Morgan fingerprint density at radius 2 is 1.64 bits per heavy atom. The quantitative estimate of drug-likeness (QED) is 0.137. The highest BCUT2D eigenvalue weighted by atomic mass is 32.2. The second-order valence-corrected chi connectivity index (χ2v) is 9.41. The Hall–Kier alpha value is -3.13. The van der Waals surface area contributed by atoms with Gasteiger partial charge < -0.3 is 36.9 Å². The summed E-state index contributed by atoms with van der Waals surface area (Å²) in [4.78, 5) is 67.8. The molecular formula is C22H36N6O7S. The Balaban J connectivity index is 3.04. The van der Waals surface area contributed by atoms with Gasteiger partial charge in [0.15, 0.2) is 0 Å². The number of nitrogens with two attached hydrogens (primary N) is 1. The van der Waals surface area contributed by atoms with Crippen molar-refractivity contribution in [3.05, 3.63) is 18.2 Å². The summed E-state index contributed by atoms with van der Waals surface area (Å²) >= 11 is 1.42. The summed E-state index contributed by atoms with van der Waals surface area (Å²) in [6, 6.07) is -4.47. The van der Waals surface area contributed by atoms with Crippen LogP contribution < -0.4 is 21.7 Å². The van der Waals surface area contributed by atoms with E-state index in [4.69, 9.17) is 10.8 Å². The molecule has 8 N–H and O–H groups in total. The van der Waals surface area contributed by atoms with Gasteiger partial charge >= 0.3 is 11.9 Å². The third-order valence-electron chi connectivity index (χ3n) is 5.68. The number of nitrogens with one attached hydrogen (secondary N) is 4. The molecule has 202 valence electrons. The average Bonchev–Trinajstić information content (AvgIpc) is 3.35. The summed E-state index contributed by atoms with van der Waals surface area (Å²) in [7, 11) is 0. The Labute approximate surface area is 213 Å². The first-order chi connectivity index (χ1) is 17.0. The van der Waals surface area contributed by atoms with Gasteiger partial charge in [-0.2, -0.15) is 11.8 Å². The predicted octanol–water partition coefficient (Wildman–Crippen LogP) is -0.517. The summed E-state index contributed by atoms with van der Waals surface area (Å²) in [5, 5.41) is 25.7. The lowest BCUT2D eigenvalue weighted by molar-refractivity contribution is -0.143. The monoisotopic (exact) mass is 528 g/mol. The van der Waals surface area contributed by atoms with Crippen molar-refractivity contribution in [3.8, 4) is 0 Å². The van der Waals surface area contributed by atoms with Gasteiger partial charge in [-0.3, -0.25) is 19.2 Å². The Kier molecular flexibility index (Phi) is 13.5. The van der Waals surface area contributed by atoms with Crippen LogP contribution >= 0.6 is 11.8 Å². The molecule has 1 aromatic heterocycles. The highest BCUT2D eigenvalue weighted by Gasteiger charge is 2.31. The third kappa shape index (κ3) is 10.6. The Morgan fingerprint density at radius 1 is 1.03 bits per heavy atom. The highest BCUT2D eigenvalue weighted by Crippen LogP contribution is 2.09. The number of H-pyrrole nitrogens is 1. The lowest BCUT2D eigenvalue weighted by Crippen LogP contribution is -2.58. The fraction of sp³-hybridized carbons (Fsp3) is 0.636. The second-order valence-electron chi connectivity index (χ2n) is 8.43. The first-order valence-electron chi connectivity index (χ1n) is 11.6. The van der Waals surface area contributed by atoms with E-state index in [9.17, 15) is 29.1 Å². The van der Waals surface area contributed by atoms with E-state index in [2.05, 4.69) is 25.9 Å². The van der Waals surface area contributed by atoms with Crippen LogP contribution in [0.2, 0.25) is 0 Å². The maximum atomic E-state index is 13.2. The third-order valence-corrected chi connectivity index (χ3v) is 6.32. The smallest absolute Gasteiger partial charge is 0.326 e. The van der Waals surface area contributed by atoms with Gasteiger partial charge in [0.25, 0.3) is 0 Å². The molecule has 1 rings (SSSR count). The molecule has 0 bridgehead atoms. The molecular weight excluding hydrogens is 492 g/mol. The summed E-state index contributed by atoms with van der Waals surface area (Å²) < 4.78 is 0. The molecule has 36 heavy (non-hydrogen) atoms. The molecule has 0 saturated heterocycles. The highest BCUT2D eigenvalue weighted by molar-refractivity contribution is 7.98. The number of carboxylic acid groups (broad SMARTS) is 2. The van der Waals surface area contributed by atoms with Gasteiger partial charge in [0.2, 0.25) is 17.7 Å². The summed E-state index contributed by atoms with van der Waals surface area (Å²) in [5.74, 6) is -4.18. The topological polar surface area (TPSA) is 217 Å². The number of carboxylic acids is 2. The zero-order chi connectivity index (χ0) is 27.3. The molecule has 1 heterocycles. The molecule has 0 saturated carbocycles. The van der Waals surface area contributed by atoms with Crippen molar-refractivity contribution in [3.63, 3.8) is 0 Å². The van der Waals surface area contributed by atoms with Crippen LogP contribution in [0.5, 0.6) is 0 Å². The summed E-state index contributed by atoms with van der Waals surface area (Å²) in [5.41, 5.74) is 6.58. The molecule has 0 radical (unpaired) electrons. The molecule has 13 nitrogen and oxygen atoms in total. The summed E-state index contributed by atoms with van der Waals surface area (Å²) in [6.07, 6.45) is 4.86. The number of amides is 3. The van der Waals surface area contributed by atoms with Crippen LogP contribution in [-0.2, 0) is 30.4 Å². The number of aromatic nitrogens is 2. The van der Waals surface area contributed by atoms with Crippen LogP contribution in [0.25, 0.3) is 0 Å². The molecule has 0 aliphatic carbocycles. The van der Waals surface area contributed by atoms with E-state index in [1.54, 1.807) is 6.26 Å². The van der Waals surface area contributed by atoms with Gasteiger partial charge in [-0.15, -0.1) is 0 Å². The molecule has 5 unspecified atom stereocenters. The largest absolute Gasteiger partial charge is 0.481 e. The maximum absolute atomic E-state index is 13.2. The van der Waals surface area contributed by atoms with E-state index >= 15 is 0 Å². The first kappa shape index (κ1) is 30.9. The zero-order valence-electron chi connectivity index (χ0n) is 20.7. The van der Waals surface area contributed by atoms with E-state index in [1.807, 2.05) is 13.8 Å². The molecule has 5 atom stereocenters. The number of imidazole rings is 1. The van der Waals surface area contributed by atoms with Crippen molar-refractivity contribution in [1.29, 1.82) is 0 Å². The SMILES string of the molecule is CCC(C)C(N)C(=O)NC(Cc1cnc[nH]1)C(=O)NC(CCSC)C(=O)NC(CCC(=O)O)C(=O)O. The van der Waals surface area contributed by atoms with Crippen molar-refractivity contribution in [1.82, 2.24) is 25.9 Å². The minimum absolute atomic E-state index is 0.0536. The van der Waals surface area contributed by atoms with Gasteiger partial charge in [0.1, 0.15) is 18.1 Å². The molecule has 0 spiro atoms. The van der Waals surface area contributed by atoms with E-state index < -0.39 is 60.2 Å². The van der Waals surface area contributed by atoms with Gasteiger partial charge in [-0.1, -0.05) is 20.3 Å². The van der Waals surface area contributed by atoms with E-state index in [-0.39, 0.29) is 25.2 Å². The molecule has 0 fully saturated rings. The van der Waals surface area contributed by atoms with Gasteiger partial charge in [-0.25, -0.2) is 9.78 Å². The Bertz CT molecular complexity index is 882. The molecule has 0 aromatic carbocycles. The number of thioether (sulfide) groups is 1. The van der Waals surface area contributed by atoms with Crippen molar-refractivity contribution in [2.75, 3.05) is 12.0 Å². The van der Waals surface area contributed by atoms with E-state index in [1.165, 1.54) is 24.3 Å². The molecule has 0 aliphatic heterocycles. The van der Waals surface area contributed by atoms with Crippen LogP contribution in [0.1, 0.15) is 45.2 Å². The van der Waals surface area contributed by atoms with Crippen molar-refractivity contribution in [2.45, 2.75) is 70.1 Å². The van der Waals surface area contributed by atoms with Gasteiger partial charge in [0.05, 0.1) is 12.4 Å². The molecule has 3 amide bonds. The lowest BCUT2D eigenvalue weighted by atomic mass is 9.98. The fourth-order valence-corrected chi connectivity index (χ4v) is 3.65. The van der Waals surface area contributed by atoms with Crippen LogP contribution in [0, 0.1) is 5.92 Å². The maximum Gasteiger partial charge on any atom is 0.326 e. The molecule has 0 aliphatic rings. The van der Waals surface area contributed by atoms with Gasteiger partial charge in [-0.05, 0) is 30.8 Å². The predicted molar refractivity (Wildman–Crippen MR) is 133 cm³/mol. The van der Waals surface area contributed by atoms with Crippen LogP contribution in [0.4, 0.5) is 0 Å². The van der Waals surface area contributed by atoms with Gasteiger partial charge in [0, 0.05) is 24.7 Å². The summed E-state index contributed by atoms with van der Waals surface area (Å²) in [6.45, 7) is 3.71. The first-order valence-corrected chi connectivity index (χ1v) is 13.0. The average molecular weight is 529 g/mol. The Morgan fingerprint density at radius 3 is 2.17 bits per heavy atom. The normalized spacial score (nSPS) is 15.1. The number of rotatable bonds is 17. The van der Waals surface area contributed by atoms with Crippen LogP contribution in [0.15, 0.2) is 12.5 Å². The number of carbonyl (C=O) groups is 5. The fourth-order valence-electron chi connectivity index (χ4n) is 3.18. The van der Waals surface area contributed by atoms with Crippen molar-refractivity contribution < 1.29 is 34.2 Å². The number of carbonyl (C=O) groups excluding carboxylic acids is 3.